The van der Waals surface area contributed by atoms with Crippen molar-refractivity contribution in [2.45, 2.75) is 0 Å². The maximum atomic E-state index is 9.93. The van der Waals surface area contributed by atoms with Crippen LogP contribution in [-0.2, 0) is 0 Å². The highest BCUT2D eigenvalue weighted by Gasteiger charge is 1.85. The van der Waals surface area contributed by atoms with Gasteiger partial charge in [0.1, 0.15) is 0 Å². The van der Waals surface area contributed by atoms with E-state index in [1.165, 1.54) is 0 Å². The van der Waals surface area contributed by atoms with E-state index in [0.29, 0.717) is 0 Å². The molecule has 9 heteroatoms. The number of nitrogens with zero attached hydrogens (tertiary/aromatic N) is 2. The number of amides is 4. The molecule has 0 aromatic rings. The molecule has 62 valence electrons. The number of carbonyl (C=O) groups excluding carboxylic acids is 2. The summed E-state index contributed by atoms with van der Waals surface area (Å²) in [6.45, 7) is 0. The van der Waals surface area contributed by atoms with E-state index in [1.807, 2.05) is 11.0 Å². The van der Waals surface area contributed by atoms with Crippen LogP contribution in [0.1, 0.15) is 0 Å². The van der Waals surface area contributed by atoms with Crippen LogP contribution in [0, 0.1) is 0 Å². The minimum atomic E-state index is -0.866. The van der Waals surface area contributed by atoms with Crippen molar-refractivity contribution in [3.05, 3.63) is 0 Å². The van der Waals surface area contributed by atoms with Gasteiger partial charge in [-0.25, -0.2) is 20.4 Å². The molecule has 4 amide bonds. The number of hydrogen-bond donors (Lipinski definition) is 5. The summed E-state index contributed by atoms with van der Waals surface area (Å²) in [5.74, 6) is 0. The topological polar surface area (TPSA) is 147 Å². The zero-order valence-electron chi connectivity index (χ0n) is 5.37. The summed E-state index contributed by atoms with van der Waals surface area (Å²) in [5.41, 5.74) is 14.7. The molecule has 11 heavy (non-hydrogen) atoms. The number of carbonyl (C=O) groups is 2. The van der Waals surface area contributed by atoms with E-state index in [4.69, 9.17) is 0 Å². The average Bonchev–Trinajstić information content (AvgIpc) is 1.85. The highest BCUT2D eigenvalue weighted by atomic mass is 16.2. The first kappa shape index (κ1) is 8.94. The van der Waals surface area contributed by atoms with Gasteiger partial charge in [0.15, 0.2) is 0 Å². The molecule has 0 aliphatic heterocycles. The van der Waals surface area contributed by atoms with Crippen LogP contribution in [0.15, 0.2) is 10.4 Å². The van der Waals surface area contributed by atoms with Crippen LogP contribution >= 0.6 is 0 Å². The molecule has 0 aromatic carbocycles. The van der Waals surface area contributed by atoms with Gasteiger partial charge in [-0.05, 0) is 10.4 Å². The maximum absolute atomic E-state index is 9.93. The van der Waals surface area contributed by atoms with Crippen LogP contribution in [0.25, 0.3) is 0 Å². The second-order valence-electron chi connectivity index (χ2n) is 1.28. The summed E-state index contributed by atoms with van der Waals surface area (Å²) in [6.07, 6.45) is 0. The Morgan fingerprint density at radius 1 is 1.09 bits per heavy atom. The van der Waals surface area contributed by atoms with Crippen molar-refractivity contribution in [1.29, 1.82) is 0 Å². The normalized spacial score (nSPS) is 9.09. The first-order chi connectivity index (χ1) is 5.13. The van der Waals surface area contributed by atoms with Crippen molar-refractivity contribution in [2.75, 3.05) is 0 Å². The molecule has 0 heterocycles. The van der Waals surface area contributed by atoms with Crippen molar-refractivity contribution >= 4 is 12.1 Å². The van der Waals surface area contributed by atoms with Crippen LogP contribution in [0.2, 0.25) is 0 Å². The minimum absolute atomic E-state index is 0.831. The van der Waals surface area contributed by atoms with Gasteiger partial charge in [0.25, 0.3) is 0 Å². The lowest BCUT2D eigenvalue weighted by Crippen LogP contribution is -2.38. The summed E-state index contributed by atoms with van der Waals surface area (Å²) in [4.78, 5) is 19.8. The van der Waals surface area contributed by atoms with Gasteiger partial charge in [0.05, 0.1) is 0 Å². The van der Waals surface area contributed by atoms with Crippen molar-refractivity contribution < 1.29 is 9.59 Å². The highest BCUT2D eigenvalue weighted by molar-refractivity contribution is 5.71. The number of urea groups is 2. The number of nitrogens with two attached hydrogens (primary N) is 2. The molecule has 0 atom stereocenters. The van der Waals surface area contributed by atoms with Crippen molar-refractivity contribution in [3.63, 3.8) is 0 Å². The van der Waals surface area contributed by atoms with Gasteiger partial charge >= 0.3 is 12.1 Å². The predicted molar refractivity (Wildman–Crippen MR) is 33.4 cm³/mol. The van der Waals surface area contributed by atoms with E-state index in [2.05, 4.69) is 21.9 Å². The zero-order valence-corrected chi connectivity index (χ0v) is 5.37. The predicted octanol–water partition coefficient (Wildman–Crippen LogP) is -1.89. The molecular formula is C2H7N7O2. The van der Waals surface area contributed by atoms with Gasteiger partial charge in [-0.15, -0.1) is 0 Å². The summed E-state index contributed by atoms with van der Waals surface area (Å²) in [6, 6.07) is -1.70. The second kappa shape index (κ2) is 4.78. The largest absolute Gasteiger partial charge is 0.350 e. The van der Waals surface area contributed by atoms with Crippen LogP contribution in [0.3, 0.4) is 0 Å². The first-order valence-corrected chi connectivity index (χ1v) is 2.38. The molecular weight excluding hydrogens is 154 g/mol. The van der Waals surface area contributed by atoms with E-state index in [1.54, 1.807) is 5.43 Å². The molecule has 0 aliphatic rings. The van der Waals surface area contributed by atoms with Crippen LogP contribution < -0.4 is 27.9 Å². The van der Waals surface area contributed by atoms with Gasteiger partial charge < -0.3 is 11.5 Å². The van der Waals surface area contributed by atoms with E-state index < -0.39 is 12.1 Å². The third kappa shape index (κ3) is 7.94. The Bertz CT molecular complexity index is 175. The molecule has 0 rings (SSSR count). The fraction of sp³-hybridized carbons (Fsp3) is 0. The third-order valence-corrected chi connectivity index (χ3v) is 0.439. The summed E-state index contributed by atoms with van der Waals surface area (Å²) in [7, 11) is 0. The van der Waals surface area contributed by atoms with Gasteiger partial charge in [-0.2, -0.15) is 5.53 Å². The molecule has 0 aliphatic carbocycles. The number of primary amides is 2. The smallest absolute Gasteiger partial charge is 0.333 e. The fourth-order valence-corrected chi connectivity index (χ4v) is 0.179. The number of hydrazine groups is 1. The van der Waals surface area contributed by atoms with Crippen LogP contribution in [-0.4, -0.2) is 12.1 Å². The Labute approximate surface area is 61.1 Å². The van der Waals surface area contributed by atoms with Gasteiger partial charge in [0.2, 0.25) is 0 Å². The molecule has 9 nitrogen and oxygen atoms in total. The Morgan fingerprint density at radius 2 is 1.73 bits per heavy atom. The van der Waals surface area contributed by atoms with E-state index in [9.17, 15) is 9.59 Å². The molecule has 0 spiro atoms. The monoisotopic (exact) mass is 161 g/mol. The number of hydrogen-bond acceptors (Lipinski definition) is 4. The zero-order chi connectivity index (χ0) is 8.69. The molecule has 7 N–H and O–H groups in total. The Balaban J connectivity index is 3.30. The Kier molecular flexibility index (Phi) is 3.89. The average molecular weight is 161 g/mol. The molecule has 0 saturated carbocycles. The second-order valence-corrected chi connectivity index (χ2v) is 1.28. The van der Waals surface area contributed by atoms with Crippen molar-refractivity contribution in [3.8, 4) is 0 Å². The van der Waals surface area contributed by atoms with Crippen LogP contribution in [0.4, 0.5) is 9.59 Å². The molecule has 0 bridgehead atoms. The molecule has 0 unspecified atom stereocenters. The van der Waals surface area contributed by atoms with E-state index >= 15 is 0 Å². The number of nitrogens with one attached hydrogen (secondary N) is 3. The summed E-state index contributed by atoms with van der Waals surface area (Å²) in [5, 5.41) is 5.96. The lowest BCUT2D eigenvalue weighted by Gasteiger charge is -1.95. The first-order valence-electron chi connectivity index (χ1n) is 2.38. The standard InChI is InChI=1S/C2H7N7O2/c3-1(10)5-7-9-8-6-2(4)11/h(H,7,8)(H6,3,4,5,6,9,10,11). The van der Waals surface area contributed by atoms with Crippen LogP contribution in [0.5, 0.6) is 0 Å². The van der Waals surface area contributed by atoms with Gasteiger partial charge in [-0.3, -0.25) is 0 Å². The molecule has 0 radical (unpaired) electrons. The molecule has 0 saturated heterocycles. The Hall–Kier alpha value is -2.06. The maximum Gasteiger partial charge on any atom is 0.333 e. The van der Waals surface area contributed by atoms with Gasteiger partial charge in [-0.1, -0.05) is 0 Å². The van der Waals surface area contributed by atoms with Gasteiger partial charge in [0, 0.05) is 0 Å². The highest BCUT2D eigenvalue weighted by Crippen LogP contribution is 1.60. The lowest BCUT2D eigenvalue weighted by atomic mass is 11.1. The fourth-order valence-electron chi connectivity index (χ4n) is 0.179. The third-order valence-electron chi connectivity index (χ3n) is 0.439. The molecule has 0 aromatic heterocycles. The lowest BCUT2D eigenvalue weighted by molar-refractivity contribution is 0.244. The van der Waals surface area contributed by atoms with E-state index in [-0.39, 0.29) is 0 Å². The SMILES string of the molecule is NC(=O)NN=NNNC(N)=O. The van der Waals surface area contributed by atoms with Crippen molar-refractivity contribution in [2.24, 2.45) is 21.9 Å². The summed E-state index contributed by atoms with van der Waals surface area (Å²) < 4.78 is 0. The number of rotatable bonds is 3. The van der Waals surface area contributed by atoms with Crippen molar-refractivity contribution in [1.82, 2.24) is 16.4 Å². The quantitative estimate of drug-likeness (QED) is 0.243. The molecule has 0 fully saturated rings. The summed E-state index contributed by atoms with van der Waals surface area (Å²) >= 11 is 0. The Morgan fingerprint density at radius 3 is 2.18 bits per heavy atom. The minimum Gasteiger partial charge on any atom is -0.350 e. The van der Waals surface area contributed by atoms with E-state index in [0.717, 1.165) is 0 Å².